The molecule has 86 valence electrons. The summed E-state index contributed by atoms with van der Waals surface area (Å²) in [5.74, 6) is 0. The van der Waals surface area contributed by atoms with Crippen LogP contribution in [0.2, 0.25) is 0 Å². The number of thiophene rings is 1. The van der Waals surface area contributed by atoms with E-state index in [4.69, 9.17) is 0 Å². The Labute approximate surface area is 104 Å². The molecule has 2 aromatic heterocycles. The van der Waals surface area contributed by atoms with Crippen LogP contribution in [0.3, 0.4) is 0 Å². The van der Waals surface area contributed by atoms with Gasteiger partial charge in [-0.1, -0.05) is 13.0 Å². The first-order chi connectivity index (χ1) is 7.79. The lowest BCUT2D eigenvalue weighted by atomic mass is 10.1. The quantitative estimate of drug-likeness (QED) is 0.882. The third kappa shape index (κ3) is 2.90. The first-order valence-electron chi connectivity index (χ1n) is 5.47. The van der Waals surface area contributed by atoms with Gasteiger partial charge in [0.15, 0.2) is 0 Å². The zero-order valence-corrected chi connectivity index (χ0v) is 11.2. The number of hydrogen-bond acceptors (Lipinski definition) is 4. The van der Waals surface area contributed by atoms with Gasteiger partial charge in [-0.25, -0.2) is 4.98 Å². The van der Waals surface area contributed by atoms with Crippen LogP contribution in [0, 0.1) is 6.92 Å². The third-order valence-electron chi connectivity index (χ3n) is 2.42. The molecule has 4 heteroatoms. The van der Waals surface area contributed by atoms with Crippen molar-refractivity contribution in [2.75, 3.05) is 6.54 Å². The van der Waals surface area contributed by atoms with E-state index in [1.807, 2.05) is 11.3 Å². The first kappa shape index (κ1) is 11.8. The van der Waals surface area contributed by atoms with Gasteiger partial charge < -0.3 is 5.32 Å². The minimum atomic E-state index is 0.409. The molecule has 2 nitrogen and oxygen atoms in total. The van der Waals surface area contributed by atoms with Crippen LogP contribution < -0.4 is 5.32 Å². The fraction of sp³-hybridized carbons (Fsp3) is 0.417. The minimum absolute atomic E-state index is 0.409. The van der Waals surface area contributed by atoms with Crippen molar-refractivity contribution in [3.8, 4) is 0 Å². The van der Waals surface area contributed by atoms with Gasteiger partial charge >= 0.3 is 0 Å². The summed E-state index contributed by atoms with van der Waals surface area (Å²) < 4.78 is 0. The Kier molecular flexibility index (Phi) is 4.09. The van der Waals surface area contributed by atoms with Crippen molar-refractivity contribution in [2.45, 2.75) is 26.3 Å². The van der Waals surface area contributed by atoms with Crippen molar-refractivity contribution in [1.29, 1.82) is 0 Å². The maximum Gasteiger partial charge on any atom is 0.0897 e. The fourth-order valence-corrected chi connectivity index (χ4v) is 3.15. The minimum Gasteiger partial charge on any atom is -0.309 e. The summed E-state index contributed by atoms with van der Waals surface area (Å²) in [5.41, 5.74) is 1.20. The molecule has 16 heavy (non-hydrogen) atoms. The molecule has 0 aliphatic rings. The molecule has 0 radical (unpaired) electrons. The molecule has 0 fully saturated rings. The zero-order valence-electron chi connectivity index (χ0n) is 9.56. The van der Waals surface area contributed by atoms with Crippen LogP contribution in [0.5, 0.6) is 0 Å². The highest BCUT2D eigenvalue weighted by Crippen LogP contribution is 2.23. The third-order valence-corrected chi connectivity index (χ3v) is 4.23. The lowest BCUT2D eigenvalue weighted by molar-refractivity contribution is 0.553. The summed E-state index contributed by atoms with van der Waals surface area (Å²) in [6.07, 6.45) is 0.985. The zero-order chi connectivity index (χ0) is 11.4. The highest BCUT2D eigenvalue weighted by atomic mass is 32.1. The molecule has 2 aromatic rings. The van der Waals surface area contributed by atoms with E-state index >= 15 is 0 Å². The van der Waals surface area contributed by atoms with Crippen LogP contribution in [0.15, 0.2) is 22.9 Å². The predicted molar refractivity (Wildman–Crippen MR) is 71.3 cm³/mol. The van der Waals surface area contributed by atoms with Crippen LogP contribution >= 0.6 is 22.7 Å². The summed E-state index contributed by atoms with van der Waals surface area (Å²) in [4.78, 5) is 5.92. The second kappa shape index (κ2) is 5.57. The Morgan fingerprint density at radius 2 is 2.31 bits per heavy atom. The number of rotatable bonds is 5. The number of nitrogens with zero attached hydrogens (tertiary/aromatic N) is 1. The summed E-state index contributed by atoms with van der Waals surface area (Å²) in [7, 11) is 0. The van der Waals surface area contributed by atoms with E-state index in [2.05, 4.69) is 47.0 Å². The molecule has 0 amide bonds. The van der Waals surface area contributed by atoms with Gasteiger partial charge in [0, 0.05) is 22.7 Å². The van der Waals surface area contributed by atoms with Crippen molar-refractivity contribution in [1.82, 2.24) is 10.3 Å². The molecule has 1 unspecified atom stereocenters. The molecule has 0 aliphatic carbocycles. The largest absolute Gasteiger partial charge is 0.309 e. The summed E-state index contributed by atoms with van der Waals surface area (Å²) in [6, 6.07) is 4.71. The number of aryl methyl sites for hydroxylation is 1. The molecule has 0 saturated carbocycles. The van der Waals surface area contributed by atoms with E-state index in [1.54, 1.807) is 11.3 Å². The summed E-state index contributed by atoms with van der Waals surface area (Å²) >= 11 is 3.54. The van der Waals surface area contributed by atoms with Crippen molar-refractivity contribution < 1.29 is 0 Å². The molecule has 0 spiro atoms. The molecule has 2 rings (SSSR count). The predicted octanol–water partition coefficient (Wildman–Crippen LogP) is 3.41. The van der Waals surface area contributed by atoms with Crippen LogP contribution in [0.25, 0.3) is 0 Å². The van der Waals surface area contributed by atoms with E-state index in [9.17, 15) is 0 Å². The highest BCUT2D eigenvalue weighted by Gasteiger charge is 2.13. The van der Waals surface area contributed by atoms with Crippen molar-refractivity contribution in [3.63, 3.8) is 0 Å². The number of thiazole rings is 1. The molecular weight excluding hydrogens is 236 g/mol. The normalized spacial score (nSPS) is 12.9. The second-order valence-corrected chi connectivity index (χ2v) is 5.73. The molecule has 1 N–H and O–H groups in total. The van der Waals surface area contributed by atoms with Gasteiger partial charge in [-0.3, -0.25) is 0 Å². The van der Waals surface area contributed by atoms with Crippen molar-refractivity contribution in [2.24, 2.45) is 0 Å². The lowest BCUT2D eigenvalue weighted by Crippen LogP contribution is -2.22. The smallest absolute Gasteiger partial charge is 0.0897 e. The van der Waals surface area contributed by atoms with Gasteiger partial charge in [0.05, 0.1) is 10.7 Å². The Morgan fingerprint density at radius 1 is 1.44 bits per heavy atom. The van der Waals surface area contributed by atoms with E-state index in [0.29, 0.717) is 6.04 Å². The number of aromatic nitrogens is 1. The van der Waals surface area contributed by atoms with Gasteiger partial charge in [0.1, 0.15) is 0 Å². The molecule has 1 atom stereocenters. The van der Waals surface area contributed by atoms with Crippen molar-refractivity contribution >= 4 is 22.7 Å². The maximum absolute atomic E-state index is 4.53. The Balaban J connectivity index is 2.09. The summed E-state index contributed by atoms with van der Waals surface area (Å²) in [6.45, 7) is 5.19. The van der Waals surface area contributed by atoms with Gasteiger partial charge in [-0.05, 0) is 24.9 Å². The van der Waals surface area contributed by atoms with Gasteiger partial charge in [0.25, 0.3) is 0 Å². The van der Waals surface area contributed by atoms with Crippen LogP contribution in [-0.4, -0.2) is 11.5 Å². The van der Waals surface area contributed by atoms with Crippen LogP contribution in [-0.2, 0) is 6.42 Å². The molecule has 2 heterocycles. The molecule has 0 aliphatic heterocycles. The molecule has 0 aromatic carbocycles. The number of likely N-dealkylation sites (N-methyl/N-ethyl adjacent to an activating group) is 1. The Morgan fingerprint density at radius 3 is 2.88 bits per heavy atom. The summed E-state index contributed by atoms with van der Waals surface area (Å²) in [5, 5.41) is 8.96. The fourth-order valence-electron chi connectivity index (χ4n) is 1.72. The highest BCUT2D eigenvalue weighted by molar-refractivity contribution is 7.10. The number of nitrogens with one attached hydrogen (secondary N) is 1. The molecule has 0 saturated heterocycles. The SMILES string of the molecule is CCNC(Cc1csc(C)n1)c1cccs1. The van der Waals surface area contributed by atoms with E-state index < -0.39 is 0 Å². The van der Waals surface area contributed by atoms with Crippen LogP contribution in [0.4, 0.5) is 0 Å². The first-order valence-corrected chi connectivity index (χ1v) is 7.23. The van der Waals surface area contributed by atoms with Crippen molar-refractivity contribution in [3.05, 3.63) is 38.5 Å². The average Bonchev–Trinajstić information content (AvgIpc) is 2.88. The van der Waals surface area contributed by atoms with Crippen LogP contribution in [0.1, 0.15) is 28.5 Å². The standard InChI is InChI=1S/C12H16N2S2/c1-3-13-11(12-5-4-6-15-12)7-10-8-16-9(2)14-10/h4-6,8,11,13H,3,7H2,1-2H3. The van der Waals surface area contributed by atoms with Gasteiger partial charge in [-0.15, -0.1) is 22.7 Å². The number of hydrogen-bond donors (Lipinski definition) is 1. The van der Waals surface area contributed by atoms with Gasteiger partial charge in [0.2, 0.25) is 0 Å². The Bertz CT molecular complexity index is 420. The average molecular weight is 252 g/mol. The lowest BCUT2D eigenvalue weighted by Gasteiger charge is -2.14. The molecular formula is C12H16N2S2. The van der Waals surface area contributed by atoms with E-state index in [-0.39, 0.29) is 0 Å². The van der Waals surface area contributed by atoms with E-state index in [0.717, 1.165) is 18.0 Å². The van der Waals surface area contributed by atoms with Gasteiger partial charge in [-0.2, -0.15) is 0 Å². The maximum atomic E-state index is 4.53. The monoisotopic (exact) mass is 252 g/mol. The Hall–Kier alpha value is -0.710. The van der Waals surface area contributed by atoms with E-state index in [1.165, 1.54) is 10.6 Å². The topological polar surface area (TPSA) is 24.9 Å². The molecule has 0 bridgehead atoms. The second-order valence-electron chi connectivity index (χ2n) is 3.69.